The lowest BCUT2D eigenvalue weighted by molar-refractivity contribution is -0.384. The topological polar surface area (TPSA) is 102 Å². The molecule has 0 amide bonds. The number of hydrogen-bond donors (Lipinski definition) is 1. The number of hydrogen-bond acceptors (Lipinski definition) is 6. The third kappa shape index (κ3) is 3.41. The molecule has 2 heterocycles. The monoisotopic (exact) mass is 292 g/mol. The van der Waals surface area contributed by atoms with E-state index in [1.54, 1.807) is 0 Å². The van der Waals surface area contributed by atoms with E-state index in [9.17, 15) is 14.9 Å². The first kappa shape index (κ1) is 14.2. The molecule has 0 fully saturated rings. The third-order valence-corrected chi connectivity index (χ3v) is 3.32. The molecule has 1 N–H and O–H groups in total. The number of thioether (sulfide) groups is 1. The van der Waals surface area contributed by atoms with Gasteiger partial charge in [0.2, 0.25) is 0 Å². The minimum atomic E-state index is -0.548. The Morgan fingerprint density at radius 3 is 2.55 bits per heavy atom. The summed E-state index contributed by atoms with van der Waals surface area (Å²) < 4.78 is 0. The van der Waals surface area contributed by atoms with Gasteiger partial charge >= 0.3 is 0 Å². The molecule has 0 aromatic carbocycles. The molecule has 7 nitrogen and oxygen atoms in total. The van der Waals surface area contributed by atoms with Crippen LogP contribution in [0.2, 0.25) is 0 Å². The average Bonchev–Trinajstić information content (AvgIpc) is 2.84. The van der Waals surface area contributed by atoms with Crippen molar-refractivity contribution >= 4 is 23.2 Å². The van der Waals surface area contributed by atoms with Gasteiger partial charge in [0.25, 0.3) is 5.69 Å². The molecule has 2 rings (SSSR count). The van der Waals surface area contributed by atoms with Gasteiger partial charge in [0.1, 0.15) is 0 Å². The number of aryl methyl sites for hydroxylation is 2. The van der Waals surface area contributed by atoms with Crippen molar-refractivity contribution in [2.75, 3.05) is 5.75 Å². The summed E-state index contributed by atoms with van der Waals surface area (Å²) in [5.41, 5.74) is 1.76. The Labute approximate surface area is 119 Å². The van der Waals surface area contributed by atoms with Gasteiger partial charge in [-0.25, -0.2) is 9.97 Å². The van der Waals surface area contributed by atoms with Crippen molar-refractivity contribution in [2.45, 2.75) is 19.0 Å². The molecule has 0 aliphatic heterocycles. The maximum absolute atomic E-state index is 11.9. The van der Waals surface area contributed by atoms with Crippen molar-refractivity contribution in [2.24, 2.45) is 0 Å². The predicted octanol–water partition coefficient (Wildman–Crippen LogP) is 2.30. The van der Waals surface area contributed by atoms with Gasteiger partial charge < -0.3 is 4.98 Å². The number of carbonyl (C=O) groups is 1. The lowest BCUT2D eigenvalue weighted by Gasteiger charge is -2.01. The van der Waals surface area contributed by atoms with Crippen molar-refractivity contribution in [3.05, 3.63) is 45.5 Å². The van der Waals surface area contributed by atoms with Crippen LogP contribution in [0.4, 0.5) is 5.69 Å². The molecule has 0 aliphatic rings. The fourth-order valence-corrected chi connectivity index (χ4v) is 2.45. The first-order valence-corrected chi connectivity index (χ1v) is 6.75. The molecule has 0 saturated heterocycles. The van der Waals surface area contributed by atoms with E-state index in [0.717, 1.165) is 11.4 Å². The Bertz CT molecular complexity index is 648. The highest BCUT2D eigenvalue weighted by atomic mass is 32.2. The van der Waals surface area contributed by atoms with Crippen molar-refractivity contribution in [3.63, 3.8) is 0 Å². The fourth-order valence-electron chi connectivity index (χ4n) is 1.62. The molecule has 20 heavy (non-hydrogen) atoms. The molecule has 0 saturated carbocycles. The maximum Gasteiger partial charge on any atom is 0.287 e. The Morgan fingerprint density at radius 2 is 2.00 bits per heavy atom. The van der Waals surface area contributed by atoms with E-state index < -0.39 is 4.92 Å². The summed E-state index contributed by atoms with van der Waals surface area (Å²) in [6.45, 7) is 3.71. The van der Waals surface area contributed by atoms with E-state index >= 15 is 0 Å². The minimum absolute atomic E-state index is 0.124. The maximum atomic E-state index is 11.9. The number of rotatable bonds is 5. The molecule has 104 valence electrons. The number of nitrogens with one attached hydrogen (secondary N) is 1. The standard InChI is InChI=1S/C12H12N4O3S/c1-7-3-8(2)15-12(14-7)20-6-11(17)10-4-9(5-13-10)16(18)19/h3-5,13H,6H2,1-2H3. The number of carbonyl (C=O) groups excluding carboxylic acids is 1. The predicted molar refractivity (Wildman–Crippen MR) is 74.0 cm³/mol. The molecule has 8 heteroatoms. The molecule has 0 unspecified atom stereocenters. The number of nitrogens with zero attached hydrogens (tertiary/aromatic N) is 3. The summed E-state index contributed by atoms with van der Waals surface area (Å²) in [6, 6.07) is 3.07. The Kier molecular flexibility index (Phi) is 4.14. The van der Waals surface area contributed by atoms with E-state index in [1.807, 2.05) is 19.9 Å². The van der Waals surface area contributed by atoms with E-state index in [4.69, 9.17) is 0 Å². The van der Waals surface area contributed by atoms with Crippen molar-refractivity contribution < 1.29 is 9.72 Å². The normalized spacial score (nSPS) is 10.5. The molecular formula is C12H12N4O3S. The van der Waals surface area contributed by atoms with Crippen molar-refractivity contribution in [1.82, 2.24) is 15.0 Å². The van der Waals surface area contributed by atoms with E-state index in [0.29, 0.717) is 5.16 Å². The zero-order valence-electron chi connectivity index (χ0n) is 10.9. The number of ketones is 1. The van der Waals surface area contributed by atoms with Crippen LogP contribution in [-0.2, 0) is 0 Å². The Morgan fingerprint density at radius 1 is 1.35 bits per heavy atom. The van der Waals surface area contributed by atoms with E-state index in [-0.39, 0.29) is 22.9 Å². The van der Waals surface area contributed by atoms with Gasteiger partial charge in [-0.2, -0.15) is 0 Å². The van der Waals surface area contributed by atoms with Gasteiger partial charge in [-0.15, -0.1) is 0 Å². The van der Waals surface area contributed by atoms with Crippen LogP contribution in [0.3, 0.4) is 0 Å². The first-order chi connectivity index (χ1) is 9.45. The smallest absolute Gasteiger partial charge is 0.287 e. The van der Waals surface area contributed by atoms with Crippen LogP contribution in [0.1, 0.15) is 21.9 Å². The van der Waals surface area contributed by atoms with Crippen LogP contribution in [0.25, 0.3) is 0 Å². The lowest BCUT2D eigenvalue weighted by Crippen LogP contribution is -2.04. The molecule has 2 aromatic rings. The fraction of sp³-hybridized carbons (Fsp3) is 0.250. The summed E-state index contributed by atoms with van der Waals surface area (Å²) in [6.07, 6.45) is 1.20. The second-order valence-corrected chi connectivity index (χ2v) is 5.12. The van der Waals surface area contributed by atoms with Crippen LogP contribution < -0.4 is 0 Å². The minimum Gasteiger partial charge on any atom is -0.353 e. The average molecular weight is 292 g/mol. The molecule has 2 aromatic heterocycles. The van der Waals surface area contributed by atoms with Crippen molar-refractivity contribution in [3.8, 4) is 0 Å². The molecule has 0 bridgehead atoms. The number of aromatic amines is 1. The Hall–Kier alpha value is -2.22. The van der Waals surface area contributed by atoms with Crippen molar-refractivity contribution in [1.29, 1.82) is 0 Å². The molecular weight excluding hydrogens is 280 g/mol. The summed E-state index contributed by atoms with van der Waals surface area (Å²) >= 11 is 1.21. The molecule has 0 spiro atoms. The van der Waals surface area contributed by atoms with Crippen LogP contribution in [0.15, 0.2) is 23.5 Å². The van der Waals surface area contributed by atoms with Gasteiger partial charge in [0.15, 0.2) is 10.9 Å². The Balaban J connectivity index is 2.02. The number of H-pyrrole nitrogens is 1. The molecule has 0 aliphatic carbocycles. The quantitative estimate of drug-likeness (QED) is 0.298. The zero-order valence-corrected chi connectivity index (χ0v) is 11.7. The zero-order chi connectivity index (χ0) is 14.7. The summed E-state index contributed by atoms with van der Waals surface area (Å²) in [5, 5.41) is 11.1. The van der Waals surface area contributed by atoms with Gasteiger partial charge in [-0.3, -0.25) is 14.9 Å². The highest BCUT2D eigenvalue weighted by Crippen LogP contribution is 2.18. The van der Waals surface area contributed by atoms with Crippen LogP contribution in [0, 0.1) is 24.0 Å². The SMILES string of the molecule is Cc1cc(C)nc(SCC(=O)c2cc([N+](=O)[O-])c[nH]2)n1. The highest BCUT2D eigenvalue weighted by molar-refractivity contribution is 7.99. The lowest BCUT2D eigenvalue weighted by atomic mass is 10.3. The number of Topliss-reactive ketones (excluding diaryl/α,β-unsaturated/α-hetero) is 1. The second kappa shape index (κ2) is 5.83. The largest absolute Gasteiger partial charge is 0.353 e. The second-order valence-electron chi connectivity index (χ2n) is 4.17. The third-order valence-electron chi connectivity index (χ3n) is 2.47. The number of nitro groups is 1. The molecule has 0 radical (unpaired) electrons. The summed E-state index contributed by atoms with van der Waals surface area (Å²) in [7, 11) is 0. The summed E-state index contributed by atoms with van der Waals surface area (Å²) in [5.74, 6) is -0.105. The van der Waals surface area contributed by atoms with Gasteiger partial charge in [-0.05, 0) is 19.9 Å². The van der Waals surface area contributed by atoms with E-state index in [1.165, 1.54) is 24.0 Å². The van der Waals surface area contributed by atoms with E-state index in [2.05, 4.69) is 15.0 Å². The van der Waals surface area contributed by atoms with Gasteiger partial charge in [-0.1, -0.05) is 11.8 Å². The van der Waals surface area contributed by atoms with Gasteiger partial charge in [0, 0.05) is 17.5 Å². The van der Waals surface area contributed by atoms with Crippen LogP contribution in [0.5, 0.6) is 0 Å². The highest BCUT2D eigenvalue weighted by Gasteiger charge is 2.15. The summed E-state index contributed by atoms with van der Waals surface area (Å²) in [4.78, 5) is 32.9. The van der Waals surface area contributed by atoms with Crippen LogP contribution >= 0.6 is 11.8 Å². The van der Waals surface area contributed by atoms with Crippen LogP contribution in [-0.4, -0.2) is 31.4 Å². The molecule has 0 atom stereocenters. The first-order valence-electron chi connectivity index (χ1n) is 5.77. The number of aromatic nitrogens is 3. The van der Waals surface area contributed by atoms with Gasteiger partial charge in [0.05, 0.1) is 22.6 Å².